The van der Waals surface area contributed by atoms with E-state index >= 15 is 0 Å². The molecule has 0 atom stereocenters. The molecule has 3 aromatic rings. The van der Waals surface area contributed by atoms with Gasteiger partial charge in [0.15, 0.2) is 17.1 Å². The zero-order valence-corrected chi connectivity index (χ0v) is 23.2. The Hall–Kier alpha value is 0.178. The fraction of sp³-hybridized carbons (Fsp3) is 0.143. The standard InChI is InChI=1S/C21H21N.6ClH.Sb/c1-16-4-10-19(11-5-16)22(20-12-6-17(2)7-13-20)21-14-8-18(3)9-15-21;;;;;;;/h4-15H,1-3H3;6*1H;/q+1;;;;;;;+5/p-6. The minimum atomic E-state index is -5.42. The third kappa shape index (κ3) is 10.9. The van der Waals surface area contributed by atoms with Gasteiger partial charge in [0, 0.05) is 36.4 Å². The first-order chi connectivity index (χ1) is 13.1. The molecule has 0 aliphatic rings. The molecule has 0 aromatic heterocycles. The Morgan fingerprint density at radius 1 is 0.448 bits per heavy atom. The first kappa shape index (κ1) is 25.4. The number of nitrogens with zero attached hydrogens (tertiary/aromatic N) is 1. The number of benzene rings is 3. The van der Waals surface area contributed by atoms with Crippen LogP contribution in [0.5, 0.6) is 0 Å². The Kier molecular flexibility index (Phi) is 7.87. The van der Waals surface area contributed by atoms with Crippen molar-refractivity contribution in [2.24, 2.45) is 0 Å². The van der Waals surface area contributed by atoms with Crippen LogP contribution in [0.25, 0.3) is 0 Å². The zero-order valence-electron chi connectivity index (χ0n) is 16.1. The van der Waals surface area contributed by atoms with Gasteiger partial charge >= 0.3 is 62.1 Å². The molecule has 157 valence electrons. The number of rotatable bonds is 3. The number of aryl methyl sites for hydroxylation is 3. The number of halogens is 6. The molecule has 3 aromatic carbocycles. The van der Waals surface area contributed by atoms with Gasteiger partial charge < -0.3 is 0 Å². The van der Waals surface area contributed by atoms with E-state index in [1.807, 2.05) is 0 Å². The maximum atomic E-state index is 5.06. The molecular weight excluding hydrogens is 601 g/mol. The van der Waals surface area contributed by atoms with Crippen molar-refractivity contribution in [1.82, 2.24) is 4.90 Å². The first-order valence-corrected chi connectivity index (χ1v) is 28.0. The summed E-state index contributed by atoms with van der Waals surface area (Å²) in [5.74, 6) is 0. The molecule has 0 spiro atoms. The van der Waals surface area contributed by atoms with Gasteiger partial charge in [-0.3, -0.25) is 0 Å². The van der Waals surface area contributed by atoms with Crippen LogP contribution in [0.15, 0.2) is 72.8 Å². The van der Waals surface area contributed by atoms with Crippen LogP contribution in [0.2, 0.25) is 0 Å². The van der Waals surface area contributed by atoms with E-state index in [0.717, 1.165) is 0 Å². The molecule has 0 aliphatic carbocycles. The second-order valence-corrected chi connectivity index (χ2v) is 63.7. The second-order valence-electron chi connectivity index (χ2n) is 6.80. The van der Waals surface area contributed by atoms with Gasteiger partial charge in [-0.2, -0.15) is 0 Å². The maximum absolute atomic E-state index is 5.42. The van der Waals surface area contributed by atoms with Crippen molar-refractivity contribution >= 4 is 79.2 Å². The van der Waals surface area contributed by atoms with Gasteiger partial charge in [-0.1, -0.05) is 58.0 Å². The molecule has 0 heterocycles. The van der Waals surface area contributed by atoms with Gasteiger partial charge in [0.25, 0.3) is 0 Å². The predicted octanol–water partition coefficient (Wildman–Crippen LogP) is 9.80. The molecule has 0 saturated heterocycles. The van der Waals surface area contributed by atoms with Gasteiger partial charge in [0.1, 0.15) is 0 Å². The van der Waals surface area contributed by atoms with Gasteiger partial charge in [-0.25, -0.2) is 0 Å². The van der Waals surface area contributed by atoms with Crippen molar-refractivity contribution in [2.45, 2.75) is 20.8 Å². The molecular formula is C21H21Cl6NSb. The summed E-state index contributed by atoms with van der Waals surface area (Å²) >= 11 is 0. The molecule has 0 fully saturated rings. The SMILES string of the molecule is Cc1ccc([N+](c2ccc(C)cc2)c2ccc(C)cc2)cc1.[Cl][Sb-]([Cl])([Cl])([Cl])([Cl])[Cl]. The van der Waals surface area contributed by atoms with Crippen molar-refractivity contribution in [2.75, 3.05) is 0 Å². The molecule has 1 nitrogen and oxygen atoms in total. The van der Waals surface area contributed by atoms with Crippen molar-refractivity contribution in [1.29, 1.82) is 0 Å². The number of anilines is 3. The predicted molar refractivity (Wildman–Crippen MR) is 136 cm³/mol. The third-order valence-electron chi connectivity index (χ3n) is 3.88. The van der Waals surface area contributed by atoms with Crippen LogP contribution < -0.4 is 4.90 Å². The minimum absolute atomic E-state index is 1.18. The summed E-state index contributed by atoms with van der Waals surface area (Å²) in [7, 11) is 25.0. The van der Waals surface area contributed by atoms with E-state index in [9.17, 15) is 0 Å². The van der Waals surface area contributed by atoms with E-state index < -0.39 is 9.14 Å². The Bertz CT molecular complexity index is 828. The average Bonchev–Trinajstić information content (AvgIpc) is 2.57. The van der Waals surface area contributed by atoms with Crippen molar-refractivity contribution < 1.29 is 0 Å². The molecule has 3 rings (SSSR count). The van der Waals surface area contributed by atoms with E-state index in [1.54, 1.807) is 0 Å². The Balaban J connectivity index is 0.000000370. The normalized spacial score (nSPS) is 13.9. The average molecular weight is 622 g/mol. The van der Waals surface area contributed by atoms with Crippen molar-refractivity contribution in [3.05, 3.63) is 89.5 Å². The van der Waals surface area contributed by atoms with Crippen LogP contribution in [0.3, 0.4) is 0 Å². The molecule has 8 heteroatoms. The summed E-state index contributed by atoms with van der Waals surface area (Å²) in [4.78, 5) is 2.29. The molecule has 0 saturated carbocycles. The van der Waals surface area contributed by atoms with E-state index in [0.29, 0.717) is 0 Å². The second kappa shape index (κ2) is 8.97. The van der Waals surface area contributed by atoms with Crippen LogP contribution in [0.4, 0.5) is 17.1 Å². The Morgan fingerprint density at radius 2 is 0.621 bits per heavy atom. The quantitative estimate of drug-likeness (QED) is 0.203. The summed E-state index contributed by atoms with van der Waals surface area (Å²) in [5, 5.41) is 0. The summed E-state index contributed by atoms with van der Waals surface area (Å²) < 4.78 is 0. The topological polar surface area (TPSA) is 5.90 Å². The van der Waals surface area contributed by atoms with Crippen LogP contribution in [0, 0.1) is 20.8 Å². The van der Waals surface area contributed by atoms with Crippen LogP contribution in [-0.4, -0.2) is 9.14 Å². The monoisotopic (exact) mass is 618 g/mol. The molecule has 0 unspecified atom stereocenters. The Morgan fingerprint density at radius 3 is 0.793 bits per heavy atom. The van der Waals surface area contributed by atoms with E-state index in [1.165, 1.54) is 33.8 Å². The fourth-order valence-corrected chi connectivity index (χ4v) is 2.53. The zero-order chi connectivity index (χ0) is 21.9. The number of hydrogen-bond donors (Lipinski definition) is 0. The van der Waals surface area contributed by atoms with E-state index in [2.05, 4.69) is 98.5 Å². The summed E-state index contributed by atoms with van der Waals surface area (Å²) in [6.45, 7) is 6.35. The molecule has 0 bridgehead atoms. The van der Waals surface area contributed by atoms with Crippen molar-refractivity contribution in [3.63, 3.8) is 0 Å². The Labute approximate surface area is 192 Å². The molecule has 0 N–H and O–H groups in total. The van der Waals surface area contributed by atoms with Gasteiger partial charge in [-0.05, 0) is 20.8 Å². The van der Waals surface area contributed by atoms with Crippen LogP contribution in [-0.2, 0) is 0 Å². The fourth-order valence-electron chi connectivity index (χ4n) is 2.53. The molecule has 0 amide bonds. The molecule has 0 aliphatic heterocycles. The van der Waals surface area contributed by atoms with Gasteiger partial charge in [-0.15, -0.1) is 0 Å². The number of hydrogen-bond acceptors (Lipinski definition) is 1. The summed E-state index contributed by atoms with van der Waals surface area (Å²) in [6.07, 6.45) is 0. The molecule has 1 radical (unpaired) electrons. The summed E-state index contributed by atoms with van der Waals surface area (Å²) in [6, 6.07) is 26.0. The van der Waals surface area contributed by atoms with E-state index in [-0.39, 0.29) is 0 Å². The van der Waals surface area contributed by atoms with Crippen LogP contribution >= 0.6 is 53.0 Å². The first-order valence-electron chi connectivity index (χ1n) is 8.65. The van der Waals surface area contributed by atoms with Crippen LogP contribution in [0.1, 0.15) is 16.7 Å². The van der Waals surface area contributed by atoms with Gasteiger partial charge in [0.05, 0.1) is 0 Å². The molecule has 29 heavy (non-hydrogen) atoms. The van der Waals surface area contributed by atoms with Gasteiger partial charge in [0.2, 0.25) is 0 Å². The summed E-state index contributed by atoms with van der Waals surface area (Å²) in [5.41, 5.74) is 7.36. The third-order valence-corrected chi connectivity index (χ3v) is 3.88. The van der Waals surface area contributed by atoms with Crippen molar-refractivity contribution in [3.8, 4) is 0 Å². The van der Waals surface area contributed by atoms with E-state index in [4.69, 9.17) is 53.0 Å².